The molecule has 1 aromatic carbocycles. The Balaban J connectivity index is 1.96. The second-order valence-electron chi connectivity index (χ2n) is 4.96. The second-order valence-corrected chi connectivity index (χ2v) is 5.86. The third kappa shape index (κ3) is 3.01. The van der Waals surface area contributed by atoms with Gasteiger partial charge in [0.05, 0.1) is 17.2 Å². The largest absolute Gasteiger partial charge is 0.488 e. The molecule has 4 nitrogen and oxygen atoms in total. The number of rotatable bonds is 5. The second kappa shape index (κ2) is 6.27. The van der Waals surface area contributed by atoms with E-state index in [1.807, 2.05) is 25.3 Å². The number of nitrogens with one attached hydrogen (secondary N) is 1. The maximum absolute atomic E-state index is 13.5. The topological polar surface area (TPSA) is 47.0 Å². The van der Waals surface area contributed by atoms with Crippen LogP contribution in [0.25, 0.3) is 10.2 Å². The Morgan fingerprint density at radius 2 is 2.18 bits per heavy atom. The van der Waals surface area contributed by atoms with Crippen LogP contribution >= 0.6 is 11.3 Å². The highest BCUT2D eigenvalue weighted by Crippen LogP contribution is 2.32. The molecule has 1 N–H and O–H groups in total. The minimum Gasteiger partial charge on any atom is -0.488 e. The average Bonchev–Trinajstić information content (AvgIpc) is 2.99. The van der Waals surface area contributed by atoms with Crippen molar-refractivity contribution in [3.63, 3.8) is 0 Å². The number of benzene rings is 1. The van der Waals surface area contributed by atoms with Gasteiger partial charge in [0.15, 0.2) is 0 Å². The Labute approximate surface area is 132 Å². The van der Waals surface area contributed by atoms with E-state index in [4.69, 9.17) is 4.74 Å². The molecular weight excluding hydrogens is 301 g/mol. The molecule has 0 radical (unpaired) electrons. The number of fused-ring (bicyclic) bond motifs is 1. The van der Waals surface area contributed by atoms with Crippen LogP contribution in [0, 0.1) is 5.82 Å². The van der Waals surface area contributed by atoms with E-state index in [9.17, 15) is 4.39 Å². The van der Waals surface area contributed by atoms with Gasteiger partial charge in [-0.1, -0.05) is 6.92 Å². The number of nitrogens with zero attached hydrogens (tertiary/aromatic N) is 2. The lowest BCUT2D eigenvalue weighted by Gasteiger charge is -2.17. The summed E-state index contributed by atoms with van der Waals surface area (Å²) in [4.78, 5) is 9.40. The zero-order valence-electron chi connectivity index (χ0n) is 12.3. The van der Waals surface area contributed by atoms with Gasteiger partial charge in [-0.2, -0.15) is 0 Å². The third-order valence-corrected chi connectivity index (χ3v) is 4.18. The predicted molar refractivity (Wildman–Crippen MR) is 87.5 cm³/mol. The highest BCUT2D eigenvalue weighted by Gasteiger charge is 2.12. The van der Waals surface area contributed by atoms with E-state index in [-0.39, 0.29) is 11.9 Å². The fourth-order valence-electron chi connectivity index (χ4n) is 2.01. The molecule has 3 aromatic rings. The minimum absolute atomic E-state index is 0.00826. The van der Waals surface area contributed by atoms with Gasteiger partial charge in [-0.15, -0.1) is 11.3 Å². The van der Waals surface area contributed by atoms with Crippen LogP contribution in [0.15, 0.2) is 36.0 Å². The molecule has 2 aromatic heterocycles. The number of ether oxygens (including phenoxy) is 1. The van der Waals surface area contributed by atoms with Crippen molar-refractivity contribution in [3.05, 3.63) is 41.8 Å². The molecule has 1 unspecified atom stereocenters. The summed E-state index contributed by atoms with van der Waals surface area (Å²) in [5, 5.41) is 6.12. The van der Waals surface area contributed by atoms with E-state index in [0.717, 1.165) is 16.6 Å². The van der Waals surface area contributed by atoms with Crippen molar-refractivity contribution >= 4 is 33.1 Å². The van der Waals surface area contributed by atoms with Gasteiger partial charge in [0.25, 0.3) is 0 Å². The maximum Gasteiger partial charge on any atom is 0.146 e. The van der Waals surface area contributed by atoms with Crippen LogP contribution in [0.4, 0.5) is 15.9 Å². The molecule has 1 atom stereocenters. The summed E-state index contributed by atoms with van der Waals surface area (Å²) in [6, 6.07) is 6.41. The Morgan fingerprint density at radius 3 is 3.00 bits per heavy atom. The first kappa shape index (κ1) is 14.7. The van der Waals surface area contributed by atoms with Gasteiger partial charge in [-0.05, 0) is 36.9 Å². The van der Waals surface area contributed by atoms with E-state index in [0.29, 0.717) is 17.3 Å². The zero-order chi connectivity index (χ0) is 15.5. The number of aromatic nitrogens is 2. The summed E-state index contributed by atoms with van der Waals surface area (Å²) in [5.74, 6) is 0.843. The van der Waals surface area contributed by atoms with Crippen molar-refractivity contribution in [2.45, 2.75) is 26.4 Å². The van der Waals surface area contributed by atoms with E-state index in [1.54, 1.807) is 17.4 Å². The molecule has 6 heteroatoms. The first-order valence-electron chi connectivity index (χ1n) is 7.08. The smallest absolute Gasteiger partial charge is 0.146 e. The number of hydrogen-bond donors (Lipinski definition) is 1. The molecule has 0 spiro atoms. The minimum atomic E-state index is -0.327. The Morgan fingerprint density at radius 1 is 1.32 bits per heavy atom. The van der Waals surface area contributed by atoms with Crippen molar-refractivity contribution in [1.82, 2.24) is 9.97 Å². The standard InChI is InChI=1S/C16H16FN3OS/c1-3-10(2)21-14-8-11(17)4-5-13(14)20-15-12-6-7-22-16(12)19-9-18-15/h4-10H,3H2,1-2H3,(H,18,19,20). The summed E-state index contributed by atoms with van der Waals surface area (Å²) >= 11 is 1.55. The first-order valence-corrected chi connectivity index (χ1v) is 7.96. The van der Waals surface area contributed by atoms with Crippen LogP contribution in [0.2, 0.25) is 0 Å². The molecule has 22 heavy (non-hydrogen) atoms. The van der Waals surface area contributed by atoms with Gasteiger partial charge < -0.3 is 10.1 Å². The summed E-state index contributed by atoms with van der Waals surface area (Å²) in [7, 11) is 0. The third-order valence-electron chi connectivity index (χ3n) is 3.36. The number of hydrogen-bond acceptors (Lipinski definition) is 5. The summed E-state index contributed by atoms with van der Waals surface area (Å²) in [5.41, 5.74) is 0.688. The van der Waals surface area contributed by atoms with Crippen LogP contribution < -0.4 is 10.1 Å². The highest BCUT2D eigenvalue weighted by atomic mass is 32.1. The molecule has 0 bridgehead atoms. The summed E-state index contributed by atoms with van der Waals surface area (Å²) < 4.78 is 19.3. The van der Waals surface area contributed by atoms with E-state index in [2.05, 4.69) is 15.3 Å². The van der Waals surface area contributed by atoms with Crippen molar-refractivity contribution in [2.24, 2.45) is 0 Å². The van der Waals surface area contributed by atoms with Crippen molar-refractivity contribution in [2.75, 3.05) is 5.32 Å². The molecule has 3 rings (SSSR count). The van der Waals surface area contributed by atoms with E-state index >= 15 is 0 Å². The van der Waals surface area contributed by atoms with Crippen LogP contribution in [0.1, 0.15) is 20.3 Å². The van der Waals surface area contributed by atoms with Gasteiger partial charge in [0, 0.05) is 6.07 Å². The van der Waals surface area contributed by atoms with Crippen molar-refractivity contribution < 1.29 is 9.13 Å². The quantitative estimate of drug-likeness (QED) is 0.737. The number of halogens is 1. The zero-order valence-corrected chi connectivity index (χ0v) is 13.2. The average molecular weight is 317 g/mol. The van der Waals surface area contributed by atoms with E-state index < -0.39 is 0 Å². The molecule has 0 fully saturated rings. The van der Waals surface area contributed by atoms with Crippen molar-refractivity contribution in [3.8, 4) is 5.75 Å². The van der Waals surface area contributed by atoms with Gasteiger partial charge in [-0.25, -0.2) is 14.4 Å². The fourth-order valence-corrected chi connectivity index (χ4v) is 2.75. The number of thiophene rings is 1. The molecular formula is C16H16FN3OS. The Kier molecular flexibility index (Phi) is 4.20. The monoisotopic (exact) mass is 317 g/mol. The highest BCUT2D eigenvalue weighted by molar-refractivity contribution is 7.16. The van der Waals surface area contributed by atoms with Gasteiger partial charge in [-0.3, -0.25) is 0 Å². The lowest BCUT2D eigenvalue weighted by atomic mass is 10.2. The lowest BCUT2D eigenvalue weighted by molar-refractivity contribution is 0.218. The fraction of sp³-hybridized carbons (Fsp3) is 0.250. The number of anilines is 2. The molecule has 0 aliphatic rings. The molecule has 0 aliphatic heterocycles. The van der Waals surface area contributed by atoms with Crippen LogP contribution in [-0.2, 0) is 0 Å². The first-order chi connectivity index (χ1) is 10.7. The normalized spacial score (nSPS) is 12.3. The predicted octanol–water partition coefficient (Wildman–Crippen LogP) is 4.75. The molecule has 0 saturated carbocycles. The van der Waals surface area contributed by atoms with Crippen LogP contribution in [0.3, 0.4) is 0 Å². The molecule has 0 saturated heterocycles. The van der Waals surface area contributed by atoms with Crippen LogP contribution in [0.5, 0.6) is 5.75 Å². The van der Waals surface area contributed by atoms with Crippen LogP contribution in [-0.4, -0.2) is 16.1 Å². The van der Waals surface area contributed by atoms with Gasteiger partial charge >= 0.3 is 0 Å². The SMILES string of the molecule is CCC(C)Oc1cc(F)ccc1Nc1ncnc2sccc12. The Bertz CT molecular complexity index is 790. The van der Waals surface area contributed by atoms with Crippen molar-refractivity contribution in [1.29, 1.82) is 0 Å². The maximum atomic E-state index is 13.5. The van der Waals surface area contributed by atoms with Gasteiger partial charge in [0.2, 0.25) is 0 Å². The molecule has 0 amide bonds. The molecule has 114 valence electrons. The molecule has 0 aliphatic carbocycles. The Hall–Kier alpha value is -2.21. The lowest BCUT2D eigenvalue weighted by Crippen LogP contribution is -2.11. The van der Waals surface area contributed by atoms with E-state index in [1.165, 1.54) is 18.5 Å². The summed E-state index contributed by atoms with van der Waals surface area (Å²) in [6.07, 6.45) is 2.37. The van der Waals surface area contributed by atoms with Gasteiger partial charge in [0.1, 0.15) is 28.5 Å². The molecule has 2 heterocycles. The summed E-state index contributed by atoms with van der Waals surface area (Å²) in [6.45, 7) is 3.98.